The topological polar surface area (TPSA) is 96.3 Å². The minimum atomic E-state index is -3.70. The molecule has 0 radical (unpaired) electrons. The Kier molecular flexibility index (Phi) is 7.06. The first-order valence-electron chi connectivity index (χ1n) is 7.80. The second-order valence-electron chi connectivity index (χ2n) is 5.31. The maximum Gasteiger partial charge on any atom is 0.302 e. The Labute approximate surface area is 157 Å². The van der Waals surface area contributed by atoms with E-state index in [0.29, 0.717) is 17.9 Å². The number of nitrogens with zero attached hydrogens (tertiary/aromatic N) is 1. The molecule has 0 fully saturated rings. The van der Waals surface area contributed by atoms with Crippen molar-refractivity contribution in [3.05, 3.63) is 54.1 Å². The van der Waals surface area contributed by atoms with Crippen molar-refractivity contribution in [2.45, 2.75) is 23.1 Å². The minimum absolute atomic E-state index is 0.0976. The van der Waals surface area contributed by atoms with Crippen LogP contribution in [0.2, 0.25) is 0 Å². The van der Waals surface area contributed by atoms with Gasteiger partial charge in [-0.2, -0.15) is 5.26 Å². The number of benzene rings is 2. The van der Waals surface area contributed by atoms with Crippen molar-refractivity contribution in [1.82, 2.24) is 0 Å². The minimum Gasteiger partial charge on any atom is -0.466 e. The van der Waals surface area contributed by atoms with Gasteiger partial charge in [-0.3, -0.25) is 9.52 Å². The van der Waals surface area contributed by atoms with Gasteiger partial charge >= 0.3 is 5.97 Å². The highest BCUT2D eigenvalue weighted by atomic mass is 32.2. The van der Waals surface area contributed by atoms with Crippen LogP contribution in [0.5, 0.6) is 0 Å². The molecule has 0 aliphatic carbocycles. The van der Waals surface area contributed by atoms with E-state index in [0.717, 1.165) is 17.1 Å². The van der Waals surface area contributed by atoms with Gasteiger partial charge in [-0.1, -0.05) is 0 Å². The number of nitriles is 1. The van der Waals surface area contributed by atoms with E-state index < -0.39 is 10.0 Å². The first kappa shape index (κ1) is 19.8. The first-order chi connectivity index (χ1) is 12.4. The molecule has 0 aliphatic heterocycles. The van der Waals surface area contributed by atoms with Crippen LogP contribution < -0.4 is 4.72 Å². The number of hydrogen-bond donors (Lipinski definition) is 1. The number of hydrogen-bond acceptors (Lipinski definition) is 6. The molecular formula is C18H18N2O4S2. The van der Waals surface area contributed by atoms with E-state index in [1.807, 2.05) is 18.2 Å². The fourth-order valence-corrected chi connectivity index (χ4v) is 3.89. The average Bonchev–Trinajstić information content (AvgIpc) is 2.62. The summed E-state index contributed by atoms with van der Waals surface area (Å²) in [7, 11) is -3.70. The Morgan fingerprint density at radius 2 is 1.81 bits per heavy atom. The number of rotatable bonds is 8. The third kappa shape index (κ3) is 6.10. The van der Waals surface area contributed by atoms with Crippen LogP contribution >= 0.6 is 11.8 Å². The summed E-state index contributed by atoms with van der Waals surface area (Å²) >= 11 is 1.60. The Balaban J connectivity index is 1.91. The van der Waals surface area contributed by atoms with Gasteiger partial charge in [0.2, 0.25) is 0 Å². The van der Waals surface area contributed by atoms with Gasteiger partial charge in [0.1, 0.15) is 0 Å². The van der Waals surface area contributed by atoms with Crippen molar-refractivity contribution in [3.63, 3.8) is 0 Å². The lowest BCUT2D eigenvalue weighted by molar-refractivity contribution is -0.140. The molecule has 0 aromatic heterocycles. The van der Waals surface area contributed by atoms with Gasteiger partial charge in [0.05, 0.1) is 23.1 Å². The van der Waals surface area contributed by atoms with Crippen LogP contribution in [0.3, 0.4) is 0 Å². The summed E-state index contributed by atoms with van der Waals surface area (Å²) in [4.78, 5) is 11.8. The van der Waals surface area contributed by atoms with Gasteiger partial charge < -0.3 is 4.74 Å². The first-order valence-corrected chi connectivity index (χ1v) is 10.3. The van der Waals surface area contributed by atoms with E-state index in [2.05, 4.69) is 4.72 Å². The van der Waals surface area contributed by atoms with Crippen LogP contribution in [0.4, 0.5) is 5.69 Å². The fourth-order valence-electron chi connectivity index (χ4n) is 2.01. The van der Waals surface area contributed by atoms with Crippen molar-refractivity contribution in [2.75, 3.05) is 17.1 Å². The molecule has 0 heterocycles. The van der Waals surface area contributed by atoms with Gasteiger partial charge in [-0.25, -0.2) is 8.42 Å². The summed E-state index contributed by atoms with van der Waals surface area (Å²) in [6.45, 7) is 1.77. The predicted molar refractivity (Wildman–Crippen MR) is 100 cm³/mol. The van der Waals surface area contributed by atoms with Gasteiger partial charge in [-0.15, -0.1) is 11.8 Å². The van der Waals surface area contributed by atoms with E-state index in [9.17, 15) is 13.2 Å². The maximum atomic E-state index is 12.3. The van der Waals surface area contributed by atoms with Gasteiger partial charge in [0.15, 0.2) is 0 Å². The quantitative estimate of drug-likeness (QED) is 0.421. The van der Waals surface area contributed by atoms with Crippen LogP contribution in [0.1, 0.15) is 18.9 Å². The summed E-state index contributed by atoms with van der Waals surface area (Å²) < 4.78 is 32.1. The molecule has 136 valence electrons. The number of nitrogens with one attached hydrogen (secondary N) is 1. The molecule has 0 unspecified atom stereocenters. The summed E-state index contributed by atoms with van der Waals surface area (Å²) in [5.74, 6) is 0.512. The normalized spacial score (nSPS) is 10.8. The smallest absolute Gasteiger partial charge is 0.302 e. The third-order valence-corrected chi connectivity index (χ3v) is 5.76. The largest absolute Gasteiger partial charge is 0.466 e. The highest BCUT2D eigenvalue weighted by Crippen LogP contribution is 2.23. The number of carbonyl (C=O) groups excluding carboxylic acids is 1. The van der Waals surface area contributed by atoms with Crippen LogP contribution in [0.15, 0.2) is 58.3 Å². The number of carbonyl (C=O) groups is 1. The van der Waals surface area contributed by atoms with Crippen LogP contribution in [-0.4, -0.2) is 26.7 Å². The molecule has 0 spiro atoms. The van der Waals surface area contributed by atoms with Crippen molar-refractivity contribution in [1.29, 1.82) is 5.26 Å². The number of ether oxygens (including phenoxy) is 1. The molecule has 1 N–H and O–H groups in total. The van der Waals surface area contributed by atoms with Crippen LogP contribution in [-0.2, 0) is 19.6 Å². The fraction of sp³-hybridized carbons (Fsp3) is 0.222. The summed E-state index contributed by atoms with van der Waals surface area (Å²) in [5.41, 5.74) is 0.859. The molecule has 2 aromatic rings. The van der Waals surface area contributed by atoms with E-state index in [-0.39, 0.29) is 10.9 Å². The molecular weight excluding hydrogens is 372 g/mol. The number of esters is 1. The van der Waals surface area contributed by atoms with Gasteiger partial charge in [0, 0.05) is 23.3 Å². The second kappa shape index (κ2) is 9.27. The highest BCUT2D eigenvalue weighted by molar-refractivity contribution is 7.99. The van der Waals surface area contributed by atoms with Gasteiger partial charge in [0.25, 0.3) is 10.0 Å². The predicted octanol–water partition coefficient (Wildman–Crippen LogP) is 3.40. The Morgan fingerprint density at radius 3 is 2.38 bits per heavy atom. The Bertz CT molecular complexity index is 886. The molecule has 6 nitrogen and oxygen atoms in total. The Hall–Kier alpha value is -2.50. The molecule has 0 atom stereocenters. The maximum absolute atomic E-state index is 12.3. The molecule has 26 heavy (non-hydrogen) atoms. The third-order valence-electron chi connectivity index (χ3n) is 3.26. The summed E-state index contributed by atoms with van der Waals surface area (Å²) in [6.07, 6.45) is 0.747. The van der Waals surface area contributed by atoms with Gasteiger partial charge in [-0.05, 0) is 55.0 Å². The molecule has 0 amide bonds. The molecule has 0 aliphatic rings. The zero-order valence-electron chi connectivity index (χ0n) is 14.1. The van der Waals surface area contributed by atoms with Crippen LogP contribution in [0, 0.1) is 11.3 Å². The van der Waals surface area contributed by atoms with Crippen LogP contribution in [0.25, 0.3) is 0 Å². The van der Waals surface area contributed by atoms with E-state index in [1.165, 1.54) is 31.2 Å². The number of sulfonamides is 1. The highest BCUT2D eigenvalue weighted by Gasteiger charge is 2.14. The SMILES string of the molecule is CC(=O)OCCCSc1ccc(NS(=O)(=O)c2ccc(C#N)cc2)cc1. The van der Waals surface area contributed by atoms with E-state index >= 15 is 0 Å². The average molecular weight is 390 g/mol. The van der Waals surface area contributed by atoms with Crippen molar-refractivity contribution >= 4 is 33.4 Å². The Morgan fingerprint density at radius 1 is 1.15 bits per heavy atom. The monoisotopic (exact) mass is 390 g/mol. The summed E-state index contributed by atoms with van der Waals surface area (Å²) in [6, 6.07) is 14.7. The lowest BCUT2D eigenvalue weighted by atomic mass is 10.2. The summed E-state index contributed by atoms with van der Waals surface area (Å²) in [5, 5.41) is 8.77. The van der Waals surface area contributed by atoms with E-state index in [1.54, 1.807) is 23.9 Å². The van der Waals surface area contributed by atoms with Crippen molar-refractivity contribution < 1.29 is 17.9 Å². The number of thioether (sulfide) groups is 1. The molecule has 2 rings (SSSR count). The standard InChI is InChI=1S/C18H18N2O4S2/c1-14(21)24-11-2-12-25-17-7-5-16(6-8-17)20-26(22,23)18-9-3-15(13-19)4-10-18/h3-10,20H,2,11-12H2,1H3. The molecule has 0 saturated heterocycles. The zero-order valence-corrected chi connectivity index (χ0v) is 15.8. The zero-order chi connectivity index (χ0) is 19.0. The lowest BCUT2D eigenvalue weighted by Gasteiger charge is -2.09. The number of anilines is 1. The lowest BCUT2D eigenvalue weighted by Crippen LogP contribution is -2.12. The molecule has 0 saturated carbocycles. The molecule has 2 aromatic carbocycles. The van der Waals surface area contributed by atoms with E-state index in [4.69, 9.17) is 10.00 Å². The second-order valence-corrected chi connectivity index (χ2v) is 8.16. The van der Waals surface area contributed by atoms with Crippen molar-refractivity contribution in [2.24, 2.45) is 0 Å². The molecule has 8 heteroatoms. The van der Waals surface area contributed by atoms with Crippen molar-refractivity contribution in [3.8, 4) is 6.07 Å². The molecule has 0 bridgehead atoms.